The van der Waals surface area contributed by atoms with Crippen molar-refractivity contribution in [3.63, 3.8) is 0 Å². The van der Waals surface area contributed by atoms with E-state index in [1.807, 2.05) is 35.4 Å². The van der Waals surface area contributed by atoms with Crippen LogP contribution < -0.4 is 31.0 Å². The van der Waals surface area contributed by atoms with Crippen LogP contribution in [-0.4, -0.2) is 101 Å². The highest BCUT2D eigenvalue weighted by molar-refractivity contribution is 6.01. The van der Waals surface area contributed by atoms with Crippen LogP contribution in [0.3, 0.4) is 0 Å². The summed E-state index contributed by atoms with van der Waals surface area (Å²) in [7, 11) is 5.05. The standard InChI is InChI=1S/C39H48N8O6/c1-45-22-30(29-20-41-44-37(29)39(45)51)26-18-33(52-2)31(34(19-26)53-3)23-46-14-12-27(13-15-46)40-21-36(49)47-16-10-25(11-17-47)24-4-6-28(7-5-24)42-32-8-9-35(48)43-38(32)50/h4-7,18-20,22,25,27,32,40,42H,8-17,21,23H2,1-3H3,(H,41,44)(H,43,48,50). The minimum absolute atomic E-state index is 0.136. The summed E-state index contributed by atoms with van der Waals surface area (Å²) >= 11 is 0. The minimum atomic E-state index is -0.401. The molecule has 4 aromatic rings. The zero-order chi connectivity index (χ0) is 37.1. The number of hydrogen-bond donors (Lipinski definition) is 4. The molecule has 3 aliphatic rings. The fraction of sp³-hybridized carbons (Fsp3) is 0.462. The number of nitrogens with zero attached hydrogens (tertiary/aromatic N) is 4. The predicted octanol–water partition coefficient (Wildman–Crippen LogP) is 3.12. The van der Waals surface area contributed by atoms with Crippen molar-refractivity contribution in [2.75, 3.05) is 52.3 Å². The molecule has 1 unspecified atom stereocenters. The third-order valence-electron chi connectivity index (χ3n) is 11.0. The second-order valence-electron chi connectivity index (χ2n) is 14.3. The summed E-state index contributed by atoms with van der Waals surface area (Å²) in [6.45, 7) is 4.23. The van der Waals surface area contributed by atoms with Gasteiger partial charge in [-0.15, -0.1) is 0 Å². The van der Waals surface area contributed by atoms with Crippen molar-refractivity contribution in [1.82, 2.24) is 35.2 Å². The Bertz CT molecular complexity index is 2000. The van der Waals surface area contributed by atoms with Gasteiger partial charge in [0.2, 0.25) is 17.7 Å². The van der Waals surface area contributed by atoms with E-state index in [2.05, 4.69) is 43.2 Å². The van der Waals surface area contributed by atoms with Gasteiger partial charge in [-0.3, -0.25) is 34.5 Å². The van der Waals surface area contributed by atoms with Crippen LogP contribution in [0.25, 0.3) is 22.0 Å². The molecule has 14 heteroatoms. The zero-order valence-electron chi connectivity index (χ0n) is 30.6. The van der Waals surface area contributed by atoms with E-state index < -0.39 is 6.04 Å². The number of carbonyl (C=O) groups excluding carboxylic acids is 3. The summed E-state index contributed by atoms with van der Waals surface area (Å²) in [6, 6.07) is 12.0. The third-order valence-corrected chi connectivity index (χ3v) is 11.0. The van der Waals surface area contributed by atoms with Crippen molar-refractivity contribution in [3.05, 3.63) is 70.3 Å². The Hall–Kier alpha value is -5.21. The molecular weight excluding hydrogens is 676 g/mol. The summed E-state index contributed by atoms with van der Waals surface area (Å²) in [4.78, 5) is 53.6. The first kappa shape index (κ1) is 36.2. The van der Waals surface area contributed by atoms with E-state index in [-0.39, 0.29) is 29.3 Å². The number of aryl methyl sites for hydroxylation is 1. The van der Waals surface area contributed by atoms with E-state index in [1.54, 1.807) is 32.0 Å². The molecule has 2 aromatic heterocycles. The quantitative estimate of drug-likeness (QED) is 0.169. The van der Waals surface area contributed by atoms with Crippen LogP contribution in [-0.2, 0) is 28.0 Å². The number of carbonyl (C=O) groups is 3. The Morgan fingerprint density at radius 2 is 1.64 bits per heavy atom. The highest BCUT2D eigenvalue weighted by atomic mass is 16.5. The maximum Gasteiger partial charge on any atom is 0.276 e. The molecule has 0 aliphatic carbocycles. The predicted molar refractivity (Wildman–Crippen MR) is 201 cm³/mol. The average Bonchev–Trinajstić information content (AvgIpc) is 3.68. The highest BCUT2D eigenvalue weighted by Gasteiger charge is 2.28. The molecule has 1 atom stereocenters. The molecule has 14 nitrogen and oxygen atoms in total. The maximum absolute atomic E-state index is 13.2. The van der Waals surface area contributed by atoms with Gasteiger partial charge < -0.3 is 29.6 Å². The third kappa shape index (κ3) is 7.93. The smallest absolute Gasteiger partial charge is 0.276 e. The number of amides is 3. The number of nitrogens with one attached hydrogen (secondary N) is 4. The Labute approximate surface area is 308 Å². The van der Waals surface area contributed by atoms with E-state index in [4.69, 9.17) is 9.47 Å². The molecule has 3 saturated heterocycles. The summed E-state index contributed by atoms with van der Waals surface area (Å²) in [6.07, 6.45) is 8.01. The van der Waals surface area contributed by atoms with Crippen molar-refractivity contribution in [2.24, 2.45) is 7.05 Å². The summed E-state index contributed by atoms with van der Waals surface area (Å²) in [5.74, 6) is 1.48. The highest BCUT2D eigenvalue weighted by Crippen LogP contribution is 2.38. The molecule has 4 N–H and O–H groups in total. The second kappa shape index (κ2) is 15.8. The van der Waals surface area contributed by atoms with Crippen LogP contribution in [0.1, 0.15) is 55.6 Å². The van der Waals surface area contributed by atoms with Gasteiger partial charge in [-0.05, 0) is 86.5 Å². The number of imide groups is 1. The lowest BCUT2D eigenvalue weighted by Crippen LogP contribution is -2.47. The first-order chi connectivity index (χ1) is 25.7. The number of hydrogen-bond acceptors (Lipinski definition) is 10. The topological polar surface area (TPSA) is 163 Å². The first-order valence-electron chi connectivity index (χ1n) is 18.4. The maximum atomic E-state index is 13.2. The molecule has 0 saturated carbocycles. The number of methoxy groups -OCH3 is 2. The summed E-state index contributed by atoms with van der Waals surface area (Å²) < 4.78 is 13.3. The Balaban J connectivity index is 0.872. The van der Waals surface area contributed by atoms with Gasteiger partial charge in [0.05, 0.1) is 32.5 Å². The van der Waals surface area contributed by atoms with Crippen LogP contribution in [0.2, 0.25) is 0 Å². The van der Waals surface area contributed by atoms with Crippen LogP contribution in [0, 0.1) is 0 Å². The van der Waals surface area contributed by atoms with Crippen LogP contribution in [0.4, 0.5) is 5.69 Å². The molecule has 3 fully saturated rings. The lowest BCUT2D eigenvalue weighted by Gasteiger charge is -2.35. The van der Waals surface area contributed by atoms with Gasteiger partial charge in [0, 0.05) is 62.0 Å². The van der Waals surface area contributed by atoms with E-state index in [1.165, 1.54) is 5.56 Å². The Kier molecular flexibility index (Phi) is 10.8. The molecule has 5 heterocycles. The molecule has 2 aromatic carbocycles. The fourth-order valence-electron chi connectivity index (χ4n) is 7.89. The number of pyridine rings is 1. The fourth-order valence-corrected chi connectivity index (χ4v) is 7.89. The van der Waals surface area contributed by atoms with Crippen molar-refractivity contribution in [3.8, 4) is 22.6 Å². The van der Waals surface area contributed by atoms with E-state index in [9.17, 15) is 19.2 Å². The zero-order valence-corrected chi connectivity index (χ0v) is 30.6. The summed E-state index contributed by atoms with van der Waals surface area (Å²) in [5, 5.41) is 16.8. The molecule has 3 aliphatic heterocycles. The summed E-state index contributed by atoms with van der Waals surface area (Å²) in [5.41, 5.74) is 5.12. The molecule has 280 valence electrons. The van der Waals surface area contributed by atoms with Gasteiger partial charge in [0.15, 0.2) is 0 Å². The SMILES string of the molecule is COc1cc(-c2cn(C)c(=O)c3[nH]ncc23)cc(OC)c1CN1CCC(NCC(=O)N2CCC(c3ccc(NC4CCC(=O)NC4=O)cc3)CC2)CC1. The van der Waals surface area contributed by atoms with Crippen molar-refractivity contribution in [2.45, 2.75) is 63.1 Å². The van der Waals surface area contributed by atoms with E-state index in [0.717, 1.165) is 91.1 Å². The minimum Gasteiger partial charge on any atom is -0.496 e. The van der Waals surface area contributed by atoms with Crippen molar-refractivity contribution >= 4 is 34.3 Å². The molecule has 0 radical (unpaired) electrons. The monoisotopic (exact) mass is 724 g/mol. The lowest BCUT2D eigenvalue weighted by molar-refractivity contribution is -0.134. The largest absolute Gasteiger partial charge is 0.496 e. The number of fused-ring (bicyclic) bond motifs is 1. The van der Waals surface area contributed by atoms with Gasteiger partial charge in [-0.2, -0.15) is 5.10 Å². The van der Waals surface area contributed by atoms with Gasteiger partial charge in [-0.25, -0.2) is 0 Å². The molecule has 7 rings (SSSR count). The number of piperidine rings is 3. The molecule has 53 heavy (non-hydrogen) atoms. The number of rotatable bonds is 11. The number of benzene rings is 2. The van der Waals surface area contributed by atoms with Gasteiger partial charge in [-0.1, -0.05) is 12.1 Å². The Morgan fingerprint density at radius 1 is 0.943 bits per heavy atom. The molecule has 3 amide bonds. The van der Waals surface area contributed by atoms with Crippen molar-refractivity contribution in [1.29, 1.82) is 0 Å². The molecule has 0 spiro atoms. The van der Waals surface area contributed by atoms with Gasteiger partial charge in [0.25, 0.3) is 5.56 Å². The van der Waals surface area contributed by atoms with Gasteiger partial charge >= 0.3 is 0 Å². The van der Waals surface area contributed by atoms with E-state index in [0.29, 0.717) is 37.4 Å². The number of anilines is 1. The normalized spacial score (nSPS) is 19.0. The number of aromatic nitrogens is 3. The second-order valence-corrected chi connectivity index (χ2v) is 14.3. The molecule has 0 bridgehead atoms. The number of H-pyrrole nitrogens is 1. The lowest BCUT2D eigenvalue weighted by atomic mass is 9.89. The number of ether oxygens (including phenoxy) is 2. The van der Waals surface area contributed by atoms with E-state index >= 15 is 0 Å². The van der Waals surface area contributed by atoms with Crippen molar-refractivity contribution < 1.29 is 23.9 Å². The first-order valence-corrected chi connectivity index (χ1v) is 18.4. The van der Waals surface area contributed by atoms with Crippen LogP contribution in [0.15, 0.2) is 53.6 Å². The van der Waals surface area contributed by atoms with Crippen LogP contribution >= 0.6 is 0 Å². The molecular formula is C39H48N8O6. The average molecular weight is 725 g/mol. The number of likely N-dealkylation sites (tertiary alicyclic amines) is 2. The van der Waals surface area contributed by atoms with Gasteiger partial charge in [0.1, 0.15) is 23.1 Å². The van der Waals surface area contributed by atoms with Crippen LogP contribution in [0.5, 0.6) is 11.5 Å². The number of aromatic amines is 1. The Morgan fingerprint density at radius 3 is 2.30 bits per heavy atom.